The second-order valence-corrected chi connectivity index (χ2v) is 10.9. The molecular weight excluding hydrogens is 471 g/mol. The van der Waals surface area contributed by atoms with E-state index in [4.69, 9.17) is 4.98 Å². The third kappa shape index (κ3) is 4.48. The first-order valence-corrected chi connectivity index (χ1v) is 12.8. The summed E-state index contributed by atoms with van der Waals surface area (Å²) in [5.74, 6) is -0.0963. The van der Waals surface area contributed by atoms with E-state index in [0.717, 1.165) is 28.8 Å². The van der Waals surface area contributed by atoms with Crippen LogP contribution in [-0.4, -0.2) is 50.8 Å². The van der Waals surface area contributed by atoms with Crippen molar-refractivity contribution in [2.45, 2.75) is 44.0 Å². The van der Waals surface area contributed by atoms with Crippen molar-refractivity contribution >= 4 is 21.2 Å². The van der Waals surface area contributed by atoms with E-state index < -0.39 is 15.8 Å². The van der Waals surface area contributed by atoms with Gasteiger partial charge in [-0.15, -0.1) is 5.10 Å². The molecule has 0 atom stereocenters. The molecule has 0 bridgehead atoms. The van der Waals surface area contributed by atoms with Gasteiger partial charge < -0.3 is 4.98 Å². The highest BCUT2D eigenvalue weighted by Crippen LogP contribution is 2.29. The van der Waals surface area contributed by atoms with Crippen molar-refractivity contribution in [3.63, 3.8) is 0 Å². The summed E-state index contributed by atoms with van der Waals surface area (Å²) in [6.45, 7) is 5.02. The number of aromatic nitrogens is 5. The Hall–Kier alpha value is -3.44. The standard InChI is InChI=1S/C24H25FN6O3S/c1-15-3-4-16(2)18(13-15)14-31-23-21(28-29-31)24(32)27-22(26-23)17-9-11-30(12-10-17)35(33,34)20-7-5-19(25)6-8-20/h3-8,13,17H,9-12,14H2,1-2H3,(H,26,27,32). The fourth-order valence-corrected chi connectivity index (χ4v) is 5.91. The fraction of sp³-hybridized carbons (Fsp3) is 0.333. The van der Waals surface area contributed by atoms with Gasteiger partial charge in [-0.05, 0) is 62.1 Å². The van der Waals surface area contributed by atoms with Crippen LogP contribution in [0, 0.1) is 19.7 Å². The van der Waals surface area contributed by atoms with Crippen LogP contribution in [0.15, 0.2) is 52.2 Å². The minimum absolute atomic E-state index is 0.0618. The Morgan fingerprint density at radius 2 is 1.80 bits per heavy atom. The summed E-state index contributed by atoms with van der Waals surface area (Å²) in [5.41, 5.74) is 3.53. The predicted octanol–water partition coefficient (Wildman–Crippen LogP) is 2.89. The molecule has 4 aromatic rings. The third-order valence-corrected chi connectivity index (χ3v) is 8.42. The number of H-pyrrole nitrogens is 1. The number of aryl methyl sites for hydroxylation is 2. The molecule has 9 nitrogen and oxygen atoms in total. The zero-order chi connectivity index (χ0) is 24.7. The van der Waals surface area contributed by atoms with Gasteiger partial charge >= 0.3 is 0 Å². The first kappa shape index (κ1) is 23.3. The molecule has 182 valence electrons. The summed E-state index contributed by atoms with van der Waals surface area (Å²) in [5, 5.41) is 8.19. The van der Waals surface area contributed by atoms with Gasteiger partial charge in [0.05, 0.1) is 11.4 Å². The largest absolute Gasteiger partial charge is 0.308 e. The molecule has 1 fully saturated rings. The molecule has 2 aromatic heterocycles. The zero-order valence-corrected chi connectivity index (χ0v) is 20.2. The molecule has 2 aromatic carbocycles. The van der Waals surface area contributed by atoms with Gasteiger partial charge in [-0.2, -0.15) is 4.31 Å². The second-order valence-electron chi connectivity index (χ2n) is 8.93. The Balaban J connectivity index is 1.38. The Bertz CT molecular complexity index is 1550. The molecular formula is C24H25FN6O3S. The molecule has 35 heavy (non-hydrogen) atoms. The highest BCUT2D eigenvalue weighted by Gasteiger charge is 2.31. The van der Waals surface area contributed by atoms with Gasteiger partial charge in [0.2, 0.25) is 10.0 Å². The van der Waals surface area contributed by atoms with Crippen LogP contribution in [0.4, 0.5) is 4.39 Å². The van der Waals surface area contributed by atoms with Gasteiger partial charge in [0.25, 0.3) is 5.56 Å². The Morgan fingerprint density at radius 1 is 1.09 bits per heavy atom. The quantitative estimate of drug-likeness (QED) is 0.455. The molecule has 0 unspecified atom stereocenters. The van der Waals surface area contributed by atoms with Gasteiger partial charge in [-0.1, -0.05) is 29.0 Å². The summed E-state index contributed by atoms with van der Waals surface area (Å²) in [4.78, 5) is 20.3. The van der Waals surface area contributed by atoms with E-state index in [0.29, 0.717) is 30.9 Å². The van der Waals surface area contributed by atoms with E-state index in [1.54, 1.807) is 4.68 Å². The minimum Gasteiger partial charge on any atom is -0.308 e. The molecule has 1 aliphatic rings. The van der Waals surface area contributed by atoms with Crippen LogP contribution >= 0.6 is 0 Å². The molecule has 1 N–H and O–H groups in total. The maximum Gasteiger partial charge on any atom is 0.281 e. The molecule has 0 amide bonds. The first-order chi connectivity index (χ1) is 16.7. The monoisotopic (exact) mass is 496 g/mol. The zero-order valence-electron chi connectivity index (χ0n) is 19.4. The number of hydrogen-bond acceptors (Lipinski definition) is 6. The number of hydrogen-bond donors (Lipinski definition) is 1. The third-order valence-electron chi connectivity index (χ3n) is 6.51. The number of fused-ring (bicyclic) bond motifs is 1. The van der Waals surface area contributed by atoms with E-state index in [-0.39, 0.29) is 35.0 Å². The summed E-state index contributed by atoms with van der Waals surface area (Å²) in [6, 6.07) is 11.0. The number of nitrogens with zero attached hydrogens (tertiary/aromatic N) is 5. The van der Waals surface area contributed by atoms with Gasteiger partial charge in [-0.3, -0.25) is 4.79 Å². The van der Waals surface area contributed by atoms with Crippen LogP contribution in [0.1, 0.15) is 41.3 Å². The van der Waals surface area contributed by atoms with Gasteiger partial charge in [0, 0.05) is 19.0 Å². The number of piperidine rings is 1. The fourth-order valence-electron chi connectivity index (χ4n) is 4.44. The molecule has 3 heterocycles. The number of sulfonamides is 1. The van der Waals surface area contributed by atoms with Gasteiger partial charge in [0.15, 0.2) is 11.2 Å². The van der Waals surface area contributed by atoms with E-state index >= 15 is 0 Å². The Labute approximate surface area is 201 Å². The predicted molar refractivity (Wildman–Crippen MR) is 128 cm³/mol. The van der Waals surface area contributed by atoms with Crippen LogP contribution in [-0.2, 0) is 16.6 Å². The van der Waals surface area contributed by atoms with Crippen LogP contribution in [0.2, 0.25) is 0 Å². The highest BCUT2D eigenvalue weighted by atomic mass is 32.2. The summed E-state index contributed by atoms with van der Waals surface area (Å²) in [6.07, 6.45) is 0.987. The van der Waals surface area contributed by atoms with Crippen LogP contribution in [0.25, 0.3) is 11.2 Å². The van der Waals surface area contributed by atoms with Crippen molar-refractivity contribution in [3.8, 4) is 0 Å². The maximum absolute atomic E-state index is 13.2. The van der Waals surface area contributed by atoms with Crippen LogP contribution in [0.5, 0.6) is 0 Å². The van der Waals surface area contributed by atoms with Crippen molar-refractivity contribution in [2.24, 2.45) is 0 Å². The van der Waals surface area contributed by atoms with E-state index in [9.17, 15) is 17.6 Å². The molecule has 0 aliphatic carbocycles. The summed E-state index contributed by atoms with van der Waals surface area (Å²) >= 11 is 0. The van der Waals surface area contributed by atoms with E-state index in [1.165, 1.54) is 16.4 Å². The number of aromatic amines is 1. The average molecular weight is 497 g/mol. The van der Waals surface area contributed by atoms with Crippen molar-refractivity contribution in [1.82, 2.24) is 29.3 Å². The summed E-state index contributed by atoms with van der Waals surface area (Å²) < 4.78 is 42.1. The molecule has 1 aliphatic heterocycles. The number of benzene rings is 2. The lowest BCUT2D eigenvalue weighted by Gasteiger charge is -2.30. The van der Waals surface area contributed by atoms with Crippen molar-refractivity contribution in [2.75, 3.05) is 13.1 Å². The summed E-state index contributed by atoms with van der Waals surface area (Å²) in [7, 11) is -3.72. The Morgan fingerprint density at radius 3 is 2.51 bits per heavy atom. The van der Waals surface area contributed by atoms with Crippen LogP contribution < -0.4 is 5.56 Å². The first-order valence-electron chi connectivity index (χ1n) is 11.4. The van der Waals surface area contributed by atoms with Crippen molar-refractivity contribution in [3.05, 3.63) is 81.2 Å². The lowest BCUT2D eigenvalue weighted by Crippen LogP contribution is -2.38. The molecule has 11 heteroatoms. The lowest BCUT2D eigenvalue weighted by atomic mass is 9.97. The van der Waals surface area contributed by atoms with Gasteiger partial charge in [0.1, 0.15) is 11.6 Å². The number of rotatable bonds is 5. The van der Waals surface area contributed by atoms with Crippen LogP contribution in [0.3, 0.4) is 0 Å². The lowest BCUT2D eigenvalue weighted by molar-refractivity contribution is 0.313. The molecule has 0 radical (unpaired) electrons. The second kappa shape index (κ2) is 8.97. The topological polar surface area (TPSA) is 114 Å². The smallest absolute Gasteiger partial charge is 0.281 e. The van der Waals surface area contributed by atoms with Crippen molar-refractivity contribution in [1.29, 1.82) is 0 Å². The number of nitrogens with one attached hydrogen (secondary N) is 1. The maximum atomic E-state index is 13.2. The Kier molecular flexibility index (Phi) is 5.97. The highest BCUT2D eigenvalue weighted by molar-refractivity contribution is 7.89. The SMILES string of the molecule is Cc1ccc(C)c(Cn2nnc3c(=O)[nH]c(C4CCN(S(=O)(=O)c5ccc(F)cc5)CC4)nc32)c1. The molecule has 1 saturated heterocycles. The van der Waals surface area contributed by atoms with E-state index in [2.05, 4.69) is 21.4 Å². The van der Waals surface area contributed by atoms with E-state index in [1.807, 2.05) is 26.0 Å². The molecule has 0 saturated carbocycles. The molecule has 5 rings (SSSR count). The average Bonchev–Trinajstić information content (AvgIpc) is 3.25. The van der Waals surface area contributed by atoms with Crippen molar-refractivity contribution < 1.29 is 12.8 Å². The minimum atomic E-state index is -3.72. The number of halogens is 1. The normalized spacial score (nSPS) is 15.6. The molecule has 0 spiro atoms. The van der Waals surface area contributed by atoms with Gasteiger partial charge in [-0.25, -0.2) is 22.5 Å².